The molecule has 5 rings (SSSR count). The van der Waals surface area contributed by atoms with Crippen LogP contribution in [0.3, 0.4) is 0 Å². The lowest BCUT2D eigenvalue weighted by Crippen LogP contribution is -2.44. The fourth-order valence-electron chi connectivity index (χ4n) is 4.59. The first-order valence-electron chi connectivity index (χ1n) is 13.0. The Labute approximate surface area is 226 Å². The highest BCUT2D eigenvalue weighted by Gasteiger charge is 2.34. The van der Waals surface area contributed by atoms with Crippen LogP contribution in [0.5, 0.6) is 0 Å². The number of benzene rings is 1. The van der Waals surface area contributed by atoms with Crippen molar-refractivity contribution in [2.75, 3.05) is 19.6 Å². The molecule has 1 unspecified atom stereocenters. The number of hydrogen-bond donors (Lipinski definition) is 2. The van der Waals surface area contributed by atoms with E-state index in [-0.39, 0.29) is 41.6 Å². The third-order valence-electron chi connectivity index (χ3n) is 6.51. The van der Waals surface area contributed by atoms with Crippen molar-refractivity contribution >= 4 is 17.9 Å². The van der Waals surface area contributed by atoms with Crippen molar-refractivity contribution in [3.05, 3.63) is 76.6 Å². The van der Waals surface area contributed by atoms with Crippen LogP contribution in [0.4, 0.5) is 9.18 Å². The Bertz CT molecular complexity index is 1320. The van der Waals surface area contributed by atoms with Gasteiger partial charge in [-0.3, -0.25) is 14.3 Å². The summed E-state index contributed by atoms with van der Waals surface area (Å²) in [5.74, 6) is -1.11. The Morgan fingerprint density at radius 2 is 1.82 bits per heavy atom. The van der Waals surface area contributed by atoms with Crippen molar-refractivity contribution in [1.82, 2.24) is 24.6 Å². The van der Waals surface area contributed by atoms with Gasteiger partial charge in [-0.2, -0.15) is 5.10 Å². The maximum absolute atomic E-state index is 13.2. The predicted molar refractivity (Wildman–Crippen MR) is 143 cm³/mol. The van der Waals surface area contributed by atoms with Gasteiger partial charge in [0.1, 0.15) is 17.1 Å². The number of rotatable bonds is 4. The average molecular weight is 539 g/mol. The first-order valence-corrected chi connectivity index (χ1v) is 13.0. The number of likely N-dealkylation sites (tertiary alicyclic amines) is 1. The number of H-pyrrole nitrogens is 1. The topological polar surface area (TPSA) is 127 Å². The second kappa shape index (κ2) is 11.3. The van der Waals surface area contributed by atoms with E-state index < -0.39 is 5.91 Å². The molecule has 3 N–H and O–H groups in total. The molecule has 39 heavy (non-hydrogen) atoms. The summed E-state index contributed by atoms with van der Waals surface area (Å²) in [6.07, 6.45) is 2.63. The van der Waals surface area contributed by atoms with Gasteiger partial charge >= 0.3 is 6.09 Å². The van der Waals surface area contributed by atoms with E-state index in [9.17, 15) is 18.8 Å². The Hall–Kier alpha value is -4.15. The fraction of sp³-hybridized carbons (Fsp3) is 0.429. The number of halogens is 1. The van der Waals surface area contributed by atoms with Crippen molar-refractivity contribution in [2.45, 2.75) is 58.7 Å². The Morgan fingerprint density at radius 3 is 2.36 bits per heavy atom. The molecule has 2 aliphatic rings. The van der Waals surface area contributed by atoms with Gasteiger partial charge in [0, 0.05) is 43.0 Å². The summed E-state index contributed by atoms with van der Waals surface area (Å²) < 4.78 is 20.1. The minimum atomic E-state index is -0.629. The predicted octanol–water partition coefficient (Wildman–Crippen LogP) is 3.88. The molecule has 0 aliphatic carbocycles. The summed E-state index contributed by atoms with van der Waals surface area (Å²) in [6.45, 7) is 10.5. The Morgan fingerprint density at radius 1 is 1.13 bits per heavy atom. The van der Waals surface area contributed by atoms with Crippen molar-refractivity contribution < 1.29 is 23.5 Å². The standard InChI is InChI=1S/C20H20FN5O2.C8H15NO2/c1-12-9-25(20(28)16-3-2-8-23-16)11-15-17(19(22)27)24-26(18(12)15)10-13-4-6-14(21)7-5-13;1-8(2,3)11-7(10)9-5-4-6-9/h2-8,12,23H,9-11H2,1H3,(H2,22,27);4-6H2,1-3H3. The van der Waals surface area contributed by atoms with Gasteiger partial charge in [0.25, 0.3) is 11.8 Å². The number of aromatic amines is 1. The van der Waals surface area contributed by atoms with Gasteiger partial charge in [0.2, 0.25) is 0 Å². The summed E-state index contributed by atoms with van der Waals surface area (Å²) in [5, 5.41) is 4.42. The minimum Gasteiger partial charge on any atom is -0.444 e. The van der Waals surface area contributed by atoms with E-state index in [0.717, 1.165) is 30.8 Å². The quantitative estimate of drug-likeness (QED) is 0.521. The summed E-state index contributed by atoms with van der Waals surface area (Å²) in [5.41, 5.74) is 8.29. The number of carbonyl (C=O) groups excluding carboxylic acids is 3. The Kier molecular flexibility index (Phi) is 8.08. The number of nitrogens with two attached hydrogens (primary N) is 1. The summed E-state index contributed by atoms with van der Waals surface area (Å²) in [6, 6.07) is 9.63. The van der Waals surface area contributed by atoms with Crippen LogP contribution in [0.2, 0.25) is 0 Å². The molecule has 4 heterocycles. The van der Waals surface area contributed by atoms with Gasteiger partial charge < -0.3 is 25.3 Å². The van der Waals surface area contributed by atoms with E-state index in [2.05, 4.69) is 10.1 Å². The SMILES string of the molecule is CC(C)(C)OC(=O)N1CCC1.CC1CN(C(=O)c2ccc[nH]2)Cc2c(C(N)=O)nn(Cc3ccc(F)cc3)c21. The van der Waals surface area contributed by atoms with Crippen LogP contribution >= 0.6 is 0 Å². The lowest BCUT2D eigenvalue weighted by atomic mass is 9.95. The maximum atomic E-state index is 13.2. The van der Waals surface area contributed by atoms with Gasteiger partial charge in [0.05, 0.1) is 13.1 Å². The second-order valence-electron chi connectivity index (χ2n) is 10.9. The molecule has 1 aromatic carbocycles. The number of carbonyl (C=O) groups is 3. The molecule has 3 aromatic rings. The molecular formula is C28H35FN6O4. The minimum absolute atomic E-state index is 0.0382. The number of nitrogens with one attached hydrogen (secondary N) is 1. The third kappa shape index (κ3) is 6.65. The van der Waals surface area contributed by atoms with E-state index in [1.165, 1.54) is 12.1 Å². The van der Waals surface area contributed by atoms with Gasteiger partial charge in [-0.1, -0.05) is 19.1 Å². The van der Waals surface area contributed by atoms with Crippen LogP contribution in [0.25, 0.3) is 0 Å². The lowest BCUT2D eigenvalue weighted by molar-refractivity contribution is 0.0130. The molecule has 11 heteroatoms. The first-order chi connectivity index (χ1) is 18.4. The molecule has 2 aliphatic heterocycles. The van der Waals surface area contributed by atoms with Crippen LogP contribution in [0.15, 0.2) is 42.6 Å². The van der Waals surface area contributed by atoms with E-state index >= 15 is 0 Å². The van der Waals surface area contributed by atoms with E-state index in [0.29, 0.717) is 24.3 Å². The average Bonchev–Trinajstić information content (AvgIpc) is 3.47. The highest BCUT2D eigenvalue weighted by Crippen LogP contribution is 2.31. The molecule has 0 bridgehead atoms. The molecule has 3 amide bonds. The first kappa shape index (κ1) is 27.9. The van der Waals surface area contributed by atoms with E-state index in [4.69, 9.17) is 10.5 Å². The third-order valence-corrected chi connectivity index (χ3v) is 6.51. The van der Waals surface area contributed by atoms with Crippen molar-refractivity contribution in [3.63, 3.8) is 0 Å². The smallest absolute Gasteiger partial charge is 0.410 e. The van der Waals surface area contributed by atoms with Crippen LogP contribution in [-0.4, -0.2) is 67.7 Å². The van der Waals surface area contributed by atoms with Crippen LogP contribution in [-0.2, 0) is 17.8 Å². The van der Waals surface area contributed by atoms with Crippen molar-refractivity contribution in [2.24, 2.45) is 5.73 Å². The molecule has 0 spiro atoms. The molecule has 208 valence electrons. The number of primary amides is 1. The number of hydrogen-bond acceptors (Lipinski definition) is 5. The van der Waals surface area contributed by atoms with Gasteiger partial charge in [0.15, 0.2) is 5.69 Å². The zero-order chi connectivity index (χ0) is 28.3. The van der Waals surface area contributed by atoms with Crippen LogP contribution in [0.1, 0.15) is 77.8 Å². The van der Waals surface area contributed by atoms with Gasteiger partial charge in [-0.05, 0) is 57.0 Å². The fourth-order valence-corrected chi connectivity index (χ4v) is 4.59. The second-order valence-corrected chi connectivity index (χ2v) is 10.9. The number of ether oxygens (including phenoxy) is 1. The molecule has 2 aromatic heterocycles. The molecule has 1 fully saturated rings. The van der Waals surface area contributed by atoms with E-state index in [1.54, 1.807) is 44.9 Å². The monoisotopic (exact) mass is 538 g/mol. The number of fused-ring (bicyclic) bond motifs is 1. The molecule has 0 radical (unpaired) electrons. The zero-order valence-corrected chi connectivity index (χ0v) is 22.7. The summed E-state index contributed by atoms with van der Waals surface area (Å²) in [7, 11) is 0. The molecule has 1 atom stereocenters. The van der Waals surface area contributed by atoms with E-state index in [1.807, 2.05) is 27.7 Å². The molecule has 1 saturated heterocycles. The number of amides is 3. The van der Waals surface area contributed by atoms with Gasteiger partial charge in [-0.25, -0.2) is 9.18 Å². The molecule has 10 nitrogen and oxygen atoms in total. The van der Waals surface area contributed by atoms with Crippen LogP contribution < -0.4 is 5.73 Å². The lowest BCUT2D eigenvalue weighted by Gasteiger charge is -2.32. The molecular weight excluding hydrogens is 503 g/mol. The number of nitrogens with zero attached hydrogens (tertiary/aromatic N) is 4. The normalized spacial score (nSPS) is 16.5. The van der Waals surface area contributed by atoms with Crippen LogP contribution in [0, 0.1) is 5.82 Å². The Balaban J connectivity index is 0.000000270. The summed E-state index contributed by atoms with van der Waals surface area (Å²) >= 11 is 0. The highest BCUT2D eigenvalue weighted by molar-refractivity contribution is 5.94. The van der Waals surface area contributed by atoms with Crippen molar-refractivity contribution in [1.29, 1.82) is 0 Å². The van der Waals surface area contributed by atoms with Gasteiger partial charge in [-0.15, -0.1) is 0 Å². The summed E-state index contributed by atoms with van der Waals surface area (Å²) in [4.78, 5) is 42.2. The number of aromatic nitrogens is 3. The maximum Gasteiger partial charge on any atom is 0.410 e. The largest absolute Gasteiger partial charge is 0.444 e. The van der Waals surface area contributed by atoms with Crippen molar-refractivity contribution in [3.8, 4) is 0 Å². The zero-order valence-electron chi connectivity index (χ0n) is 22.7. The highest BCUT2D eigenvalue weighted by atomic mass is 19.1. The molecule has 0 saturated carbocycles.